The number of likely N-dealkylation sites (N-methyl/N-ethyl adjacent to an activating group) is 1. The van der Waals surface area contributed by atoms with E-state index in [4.69, 9.17) is 19.8 Å². The van der Waals surface area contributed by atoms with Crippen LogP contribution in [0.2, 0.25) is 0 Å². The lowest BCUT2D eigenvalue weighted by atomic mass is 10.1. The number of hydrogen-bond acceptors (Lipinski definition) is 8. The lowest BCUT2D eigenvalue weighted by molar-refractivity contribution is 0.0303. The zero-order chi connectivity index (χ0) is 26.2. The van der Waals surface area contributed by atoms with E-state index in [1.807, 2.05) is 28.9 Å². The van der Waals surface area contributed by atoms with Crippen molar-refractivity contribution in [1.29, 1.82) is 0 Å². The largest absolute Gasteiger partial charge is 0.371 e. The van der Waals surface area contributed by atoms with Gasteiger partial charge in [-0.15, -0.1) is 0 Å². The van der Waals surface area contributed by atoms with Crippen molar-refractivity contribution >= 4 is 28.6 Å². The topological polar surface area (TPSA) is 104 Å². The molecule has 1 aromatic carbocycles. The van der Waals surface area contributed by atoms with E-state index in [0.29, 0.717) is 11.5 Å². The molecule has 11 nitrogen and oxygen atoms in total. The Labute approximate surface area is 223 Å². The van der Waals surface area contributed by atoms with E-state index >= 15 is 0 Å². The van der Waals surface area contributed by atoms with Gasteiger partial charge in [-0.3, -0.25) is 4.90 Å². The molecule has 38 heavy (non-hydrogen) atoms. The fourth-order valence-electron chi connectivity index (χ4n) is 5.72. The molecule has 11 heteroatoms. The SMILES string of the molecule is CCn1nc(CN2CCN(C)CC2)c2c(N3CC4CCC(C3)O4)nc(-c3ccc(NC(=O)NC)cc3)nc21. The number of benzene rings is 1. The summed E-state index contributed by atoms with van der Waals surface area (Å²) in [6.07, 6.45) is 2.70. The second-order valence-corrected chi connectivity index (χ2v) is 10.6. The molecule has 2 amide bonds. The summed E-state index contributed by atoms with van der Waals surface area (Å²) in [5, 5.41) is 11.5. The Morgan fingerprint density at radius 3 is 2.42 bits per heavy atom. The van der Waals surface area contributed by atoms with Crippen molar-refractivity contribution in [2.24, 2.45) is 0 Å². The number of urea groups is 1. The Balaban J connectivity index is 1.41. The molecule has 2 N–H and O–H groups in total. The third-order valence-corrected chi connectivity index (χ3v) is 7.89. The van der Waals surface area contributed by atoms with Crippen molar-refractivity contribution < 1.29 is 9.53 Å². The molecule has 5 heterocycles. The molecule has 3 aliphatic heterocycles. The van der Waals surface area contributed by atoms with Crippen molar-refractivity contribution in [3.05, 3.63) is 30.0 Å². The zero-order valence-corrected chi connectivity index (χ0v) is 22.5. The van der Waals surface area contributed by atoms with Crippen LogP contribution >= 0.6 is 0 Å². The maximum absolute atomic E-state index is 11.7. The summed E-state index contributed by atoms with van der Waals surface area (Å²) in [6, 6.07) is 7.42. The Kier molecular flexibility index (Phi) is 6.89. The third-order valence-electron chi connectivity index (χ3n) is 7.89. The minimum absolute atomic E-state index is 0.250. The van der Waals surface area contributed by atoms with E-state index in [-0.39, 0.29) is 18.2 Å². The molecule has 2 bridgehead atoms. The Hall–Kier alpha value is -3.28. The first-order valence-electron chi connectivity index (χ1n) is 13.7. The monoisotopic (exact) mass is 519 g/mol. The molecule has 2 atom stereocenters. The van der Waals surface area contributed by atoms with Crippen LogP contribution in [0.25, 0.3) is 22.4 Å². The fourth-order valence-corrected chi connectivity index (χ4v) is 5.72. The summed E-state index contributed by atoms with van der Waals surface area (Å²) in [6.45, 7) is 9.51. The lowest BCUT2D eigenvalue weighted by Crippen LogP contribution is -2.44. The van der Waals surface area contributed by atoms with Gasteiger partial charge in [0.05, 0.1) is 23.3 Å². The van der Waals surface area contributed by atoms with Crippen LogP contribution in [0.3, 0.4) is 0 Å². The number of amides is 2. The van der Waals surface area contributed by atoms with Crippen LogP contribution in [0.5, 0.6) is 0 Å². The number of aromatic nitrogens is 4. The van der Waals surface area contributed by atoms with E-state index in [1.54, 1.807) is 7.05 Å². The van der Waals surface area contributed by atoms with E-state index in [1.165, 1.54) is 0 Å². The van der Waals surface area contributed by atoms with Gasteiger partial charge in [0, 0.05) is 70.7 Å². The van der Waals surface area contributed by atoms with Crippen LogP contribution in [0.4, 0.5) is 16.3 Å². The Morgan fingerprint density at radius 1 is 1.05 bits per heavy atom. The molecule has 3 saturated heterocycles. The molecule has 0 aliphatic carbocycles. The quantitative estimate of drug-likeness (QED) is 0.512. The number of carbonyl (C=O) groups excluding carboxylic acids is 1. The fraction of sp³-hybridized carbons (Fsp3) is 0.556. The van der Waals surface area contributed by atoms with Gasteiger partial charge in [0.25, 0.3) is 0 Å². The van der Waals surface area contributed by atoms with Crippen LogP contribution in [-0.4, -0.2) is 101 Å². The average Bonchev–Trinajstić information content (AvgIpc) is 3.47. The molecule has 2 aromatic heterocycles. The van der Waals surface area contributed by atoms with Crippen molar-refractivity contribution in [3.63, 3.8) is 0 Å². The van der Waals surface area contributed by atoms with Crippen LogP contribution < -0.4 is 15.5 Å². The smallest absolute Gasteiger partial charge is 0.318 e. The van der Waals surface area contributed by atoms with Gasteiger partial charge >= 0.3 is 6.03 Å². The standard InChI is InChI=1S/C27H37N9O2/c1-4-36-26-23(22(32-36)17-34-13-11-33(3)12-14-34)25(35-15-20-9-10-21(16-35)38-20)30-24(31-26)18-5-7-19(8-6-18)29-27(37)28-2/h5-8,20-21H,4,9-17H2,1-3H3,(H2,28,29,37). The first-order valence-corrected chi connectivity index (χ1v) is 13.7. The second kappa shape index (κ2) is 10.5. The van der Waals surface area contributed by atoms with E-state index in [9.17, 15) is 4.79 Å². The zero-order valence-electron chi connectivity index (χ0n) is 22.5. The Bertz CT molecular complexity index is 1290. The molecule has 0 saturated carbocycles. The number of nitrogens with zero attached hydrogens (tertiary/aromatic N) is 7. The number of morpholine rings is 1. The molecule has 3 fully saturated rings. The summed E-state index contributed by atoms with van der Waals surface area (Å²) in [7, 11) is 3.78. The average molecular weight is 520 g/mol. The van der Waals surface area contributed by atoms with Crippen molar-refractivity contribution in [2.75, 3.05) is 63.6 Å². The highest BCUT2D eigenvalue weighted by atomic mass is 16.5. The van der Waals surface area contributed by atoms with Crippen LogP contribution in [0, 0.1) is 0 Å². The molecule has 2 unspecified atom stereocenters. The van der Waals surface area contributed by atoms with E-state index in [0.717, 1.165) is 93.3 Å². The first-order chi connectivity index (χ1) is 18.5. The summed E-state index contributed by atoms with van der Waals surface area (Å²) in [4.78, 5) is 29.2. The predicted octanol–water partition coefficient (Wildman–Crippen LogP) is 2.38. The van der Waals surface area contributed by atoms with Gasteiger partial charge in [0.15, 0.2) is 11.5 Å². The highest BCUT2D eigenvalue weighted by Gasteiger charge is 2.36. The van der Waals surface area contributed by atoms with Gasteiger partial charge in [0.2, 0.25) is 0 Å². The second-order valence-electron chi connectivity index (χ2n) is 10.6. The number of aryl methyl sites for hydroxylation is 1. The summed E-state index contributed by atoms with van der Waals surface area (Å²) in [5.41, 5.74) is 3.54. The number of fused-ring (bicyclic) bond motifs is 3. The predicted molar refractivity (Wildman–Crippen MR) is 147 cm³/mol. The number of rotatable bonds is 6. The van der Waals surface area contributed by atoms with Crippen molar-refractivity contribution in [3.8, 4) is 11.4 Å². The maximum Gasteiger partial charge on any atom is 0.318 e. The minimum Gasteiger partial charge on any atom is -0.371 e. The molecule has 6 rings (SSSR count). The Morgan fingerprint density at radius 2 is 1.76 bits per heavy atom. The summed E-state index contributed by atoms with van der Waals surface area (Å²) in [5.74, 6) is 1.63. The molecular formula is C27H37N9O2. The van der Waals surface area contributed by atoms with Crippen LogP contribution in [0.15, 0.2) is 24.3 Å². The van der Waals surface area contributed by atoms with E-state index < -0.39 is 0 Å². The summed E-state index contributed by atoms with van der Waals surface area (Å²) >= 11 is 0. The minimum atomic E-state index is -0.251. The molecule has 3 aliphatic rings. The highest BCUT2D eigenvalue weighted by molar-refractivity contribution is 5.92. The van der Waals surface area contributed by atoms with Crippen LogP contribution in [0.1, 0.15) is 25.5 Å². The number of ether oxygens (including phenoxy) is 1. The van der Waals surface area contributed by atoms with Gasteiger partial charge in [-0.1, -0.05) is 0 Å². The van der Waals surface area contributed by atoms with Gasteiger partial charge in [-0.05, 0) is 51.1 Å². The lowest BCUT2D eigenvalue weighted by Gasteiger charge is -2.34. The van der Waals surface area contributed by atoms with E-state index in [2.05, 4.69) is 39.3 Å². The summed E-state index contributed by atoms with van der Waals surface area (Å²) < 4.78 is 8.18. The van der Waals surface area contributed by atoms with Gasteiger partial charge < -0.3 is 25.2 Å². The highest BCUT2D eigenvalue weighted by Crippen LogP contribution is 2.35. The number of hydrogen-bond donors (Lipinski definition) is 2. The van der Waals surface area contributed by atoms with Crippen molar-refractivity contribution in [1.82, 2.24) is 34.9 Å². The molecule has 0 radical (unpaired) electrons. The number of nitrogens with one attached hydrogen (secondary N) is 2. The maximum atomic E-state index is 11.7. The normalized spacial score (nSPS) is 22.2. The molecular weight excluding hydrogens is 482 g/mol. The van der Waals surface area contributed by atoms with Gasteiger partial charge in [0.1, 0.15) is 5.82 Å². The number of carbonyl (C=O) groups is 1. The molecule has 202 valence electrons. The van der Waals surface area contributed by atoms with Gasteiger partial charge in [-0.2, -0.15) is 5.10 Å². The van der Waals surface area contributed by atoms with Gasteiger partial charge in [-0.25, -0.2) is 19.4 Å². The number of anilines is 2. The first kappa shape index (κ1) is 25.0. The molecule has 3 aromatic rings. The third kappa shape index (κ3) is 4.93. The molecule has 0 spiro atoms. The van der Waals surface area contributed by atoms with Crippen LogP contribution in [-0.2, 0) is 17.8 Å². The number of piperazine rings is 1. The van der Waals surface area contributed by atoms with Crippen molar-refractivity contribution in [2.45, 2.75) is 45.1 Å².